The number of benzene rings is 3. The molecule has 3 heteroatoms. The van der Waals surface area contributed by atoms with E-state index < -0.39 is 0 Å². The fourth-order valence-corrected chi connectivity index (χ4v) is 3.05. The SMILES string of the molecule is Cc1ccccc1-c1c2ccc(=N)cc-2oc2cc(N)ccc12. The van der Waals surface area contributed by atoms with Crippen molar-refractivity contribution in [3.63, 3.8) is 0 Å². The van der Waals surface area contributed by atoms with Crippen molar-refractivity contribution in [2.45, 2.75) is 6.92 Å². The van der Waals surface area contributed by atoms with E-state index in [1.807, 2.05) is 36.4 Å². The van der Waals surface area contributed by atoms with E-state index in [0.717, 1.165) is 22.1 Å². The van der Waals surface area contributed by atoms with Crippen molar-refractivity contribution in [3.8, 4) is 22.5 Å². The Morgan fingerprint density at radius 3 is 2.57 bits per heavy atom. The molecule has 0 atom stereocenters. The normalized spacial score (nSPS) is 11.2. The van der Waals surface area contributed by atoms with Gasteiger partial charge in [-0.1, -0.05) is 24.3 Å². The molecule has 0 saturated carbocycles. The maximum atomic E-state index is 7.86. The van der Waals surface area contributed by atoms with Crippen LogP contribution >= 0.6 is 0 Å². The Morgan fingerprint density at radius 2 is 1.74 bits per heavy atom. The van der Waals surface area contributed by atoms with Crippen LogP contribution in [-0.2, 0) is 0 Å². The van der Waals surface area contributed by atoms with Gasteiger partial charge in [-0.05, 0) is 42.3 Å². The molecule has 0 saturated heterocycles. The third kappa shape index (κ3) is 2.18. The standard InChI is InChI=1S/C20H16N2O/c1-12-4-2-3-5-15(12)20-16-8-6-13(21)10-18(16)23-19-11-14(22)7-9-17(19)20/h2-11,21H,22H2,1H3. The van der Waals surface area contributed by atoms with Crippen LogP contribution in [0.1, 0.15) is 5.56 Å². The highest BCUT2D eigenvalue weighted by molar-refractivity contribution is 6.03. The minimum Gasteiger partial charge on any atom is -0.456 e. The van der Waals surface area contributed by atoms with Crippen molar-refractivity contribution in [2.24, 2.45) is 0 Å². The van der Waals surface area contributed by atoms with Gasteiger partial charge in [0.25, 0.3) is 0 Å². The second-order valence-corrected chi connectivity index (χ2v) is 5.76. The number of hydrogen-bond acceptors (Lipinski definition) is 3. The van der Waals surface area contributed by atoms with Crippen molar-refractivity contribution in [1.82, 2.24) is 0 Å². The molecule has 0 amide bonds. The first-order valence-corrected chi connectivity index (χ1v) is 7.50. The summed E-state index contributed by atoms with van der Waals surface area (Å²) >= 11 is 0. The molecular formula is C20H16N2O. The van der Waals surface area contributed by atoms with Crippen LogP contribution in [0.15, 0.2) is 65.1 Å². The highest BCUT2D eigenvalue weighted by Crippen LogP contribution is 2.41. The van der Waals surface area contributed by atoms with E-state index in [2.05, 4.69) is 19.1 Å². The molecular weight excluding hydrogens is 284 g/mol. The predicted octanol–water partition coefficient (Wildman–Crippen LogP) is 4.57. The molecule has 0 bridgehead atoms. The summed E-state index contributed by atoms with van der Waals surface area (Å²) in [5.74, 6) is 0.703. The Kier molecular flexibility index (Phi) is 2.95. The largest absolute Gasteiger partial charge is 0.456 e. The first-order valence-electron chi connectivity index (χ1n) is 7.50. The van der Waals surface area contributed by atoms with Gasteiger partial charge in [-0.2, -0.15) is 0 Å². The molecule has 0 radical (unpaired) electrons. The number of rotatable bonds is 1. The van der Waals surface area contributed by atoms with E-state index in [1.54, 1.807) is 12.1 Å². The van der Waals surface area contributed by atoms with E-state index in [-0.39, 0.29) is 0 Å². The van der Waals surface area contributed by atoms with Crippen LogP contribution in [-0.4, -0.2) is 0 Å². The number of nitrogens with two attached hydrogens (primary N) is 1. The summed E-state index contributed by atoms with van der Waals surface area (Å²) in [6.45, 7) is 2.10. The quantitative estimate of drug-likeness (QED) is 0.399. The Balaban J connectivity index is 2.23. The number of anilines is 1. The Bertz CT molecular complexity index is 1060. The van der Waals surface area contributed by atoms with Crippen molar-refractivity contribution < 1.29 is 4.42 Å². The van der Waals surface area contributed by atoms with Crippen molar-refractivity contribution in [1.29, 1.82) is 5.41 Å². The minimum atomic E-state index is 0.431. The summed E-state index contributed by atoms with van der Waals surface area (Å²) in [5.41, 5.74) is 11.8. The minimum absolute atomic E-state index is 0.431. The lowest BCUT2D eigenvalue weighted by Crippen LogP contribution is -2.00. The molecule has 4 rings (SSSR count). The lowest BCUT2D eigenvalue weighted by atomic mass is 9.91. The van der Waals surface area contributed by atoms with Crippen LogP contribution in [0.5, 0.6) is 0 Å². The highest BCUT2D eigenvalue weighted by atomic mass is 16.3. The average molecular weight is 300 g/mol. The first kappa shape index (κ1) is 13.6. The zero-order chi connectivity index (χ0) is 16.0. The van der Waals surface area contributed by atoms with Crippen LogP contribution in [0, 0.1) is 12.3 Å². The van der Waals surface area contributed by atoms with Gasteiger partial charge >= 0.3 is 0 Å². The lowest BCUT2D eigenvalue weighted by Gasteiger charge is -2.16. The van der Waals surface area contributed by atoms with Crippen LogP contribution in [0.3, 0.4) is 0 Å². The maximum absolute atomic E-state index is 7.86. The molecule has 0 aromatic heterocycles. The van der Waals surface area contributed by atoms with Gasteiger partial charge in [-0.15, -0.1) is 0 Å². The predicted molar refractivity (Wildman–Crippen MR) is 93.3 cm³/mol. The van der Waals surface area contributed by atoms with Gasteiger partial charge in [-0.3, -0.25) is 0 Å². The van der Waals surface area contributed by atoms with Gasteiger partial charge in [0, 0.05) is 34.3 Å². The maximum Gasteiger partial charge on any atom is 0.137 e. The summed E-state index contributed by atoms with van der Waals surface area (Å²) in [6, 6.07) is 19.5. The summed E-state index contributed by atoms with van der Waals surface area (Å²) in [5, 5.41) is 9.32. The molecule has 112 valence electrons. The molecule has 0 spiro atoms. The number of nitrogen functional groups attached to an aromatic ring is 1. The van der Waals surface area contributed by atoms with Crippen LogP contribution in [0.25, 0.3) is 33.4 Å². The summed E-state index contributed by atoms with van der Waals surface area (Å²) < 4.78 is 6.01. The third-order valence-corrected chi connectivity index (χ3v) is 4.16. The van der Waals surface area contributed by atoms with Gasteiger partial charge in [0.05, 0.1) is 5.36 Å². The summed E-state index contributed by atoms with van der Waals surface area (Å²) in [4.78, 5) is 0. The monoisotopic (exact) mass is 300 g/mol. The van der Waals surface area contributed by atoms with Gasteiger partial charge in [0.2, 0.25) is 0 Å². The van der Waals surface area contributed by atoms with E-state index in [0.29, 0.717) is 16.8 Å². The Morgan fingerprint density at radius 1 is 0.913 bits per heavy atom. The number of fused-ring (bicyclic) bond motifs is 2. The van der Waals surface area contributed by atoms with Crippen molar-refractivity contribution >= 4 is 16.7 Å². The second kappa shape index (κ2) is 4.99. The summed E-state index contributed by atoms with van der Waals surface area (Å²) in [7, 11) is 0. The van der Waals surface area contributed by atoms with Gasteiger partial charge in [0.1, 0.15) is 11.3 Å². The zero-order valence-electron chi connectivity index (χ0n) is 12.8. The smallest absolute Gasteiger partial charge is 0.137 e. The van der Waals surface area contributed by atoms with E-state index in [1.165, 1.54) is 11.1 Å². The van der Waals surface area contributed by atoms with Crippen LogP contribution < -0.4 is 11.1 Å². The molecule has 1 aliphatic carbocycles. The van der Waals surface area contributed by atoms with E-state index >= 15 is 0 Å². The summed E-state index contributed by atoms with van der Waals surface area (Å²) in [6.07, 6.45) is 0. The molecule has 0 fully saturated rings. The Labute approximate surface area is 133 Å². The first-order chi connectivity index (χ1) is 11.1. The fraction of sp³-hybridized carbons (Fsp3) is 0.0500. The van der Waals surface area contributed by atoms with E-state index in [4.69, 9.17) is 15.6 Å². The average Bonchev–Trinajstić information content (AvgIpc) is 2.53. The zero-order valence-corrected chi connectivity index (χ0v) is 12.8. The molecule has 1 heterocycles. The topological polar surface area (TPSA) is 63.0 Å². The number of hydrogen-bond donors (Lipinski definition) is 2. The number of aryl methyl sites for hydroxylation is 1. The van der Waals surface area contributed by atoms with Gasteiger partial charge in [0.15, 0.2) is 0 Å². The second-order valence-electron chi connectivity index (χ2n) is 5.76. The molecule has 3 N–H and O–H groups in total. The third-order valence-electron chi connectivity index (χ3n) is 4.16. The molecule has 3 nitrogen and oxygen atoms in total. The highest BCUT2D eigenvalue weighted by Gasteiger charge is 2.17. The molecule has 0 unspecified atom stereocenters. The molecule has 23 heavy (non-hydrogen) atoms. The van der Waals surface area contributed by atoms with Crippen molar-refractivity contribution in [3.05, 3.63) is 71.6 Å². The molecule has 1 aliphatic heterocycles. The molecule has 2 aliphatic rings. The Hall–Kier alpha value is -3.07. The van der Waals surface area contributed by atoms with Crippen molar-refractivity contribution in [2.75, 3.05) is 5.73 Å². The van der Waals surface area contributed by atoms with Crippen LogP contribution in [0.4, 0.5) is 5.69 Å². The lowest BCUT2D eigenvalue weighted by molar-refractivity contribution is 0.619. The van der Waals surface area contributed by atoms with E-state index in [9.17, 15) is 0 Å². The fourth-order valence-electron chi connectivity index (χ4n) is 3.05. The van der Waals surface area contributed by atoms with Crippen LogP contribution in [0.2, 0.25) is 0 Å². The van der Waals surface area contributed by atoms with Gasteiger partial charge in [-0.25, -0.2) is 0 Å². The molecule has 2 aromatic carbocycles. The van der Waals surface area contributed by atoms with Gasteiger partial charge < -0.3 is 15.6 Å². The molecule has 2 aromatic rings. The number of nitrogens with one attached hydrogen (secondary N) is 1.